The number of fused-ring (bicyclic) bond motifs is 1. The SMILES string of the molecule is C=C/C=C(\C=C)c1ccc(C2CC(=C)c3ccccc3C2)cc1. The molecule has 23 heavy (non-hydrogen) atoms. The van der Waals surface area contributed by atoms with Gasteiger partial charge in [0, 0.05) is 0 Å². The van der Waals surface area contributed by atoms with Crippen LogP contribution in [0.5, 0.6) is 0 Å². The van der Waals surface area contributed by atoms with Gasteiger partial charge in [0.15, 0.2) is 0 Å². The fourth-order valence-electron chi connectivity index (χ4n) is 3.38. The lowest BCUT2D eigenvalue weighted by atomic mass is 9.78. The minimum absolute atomic E-state index is 0.516. The standard InChI is InChI=1S/C23H22/c1-4-8-18(5-2)19-11-13-20(14-12-19)22-15-17(3)23-10-7-6-9-21(23)16-22/h4-14,22H,1-3,15-16H2/b18-8+. The lowest BCUT2D eigenvalue weighted by Gasteiger charge is -2.27. The third kappa shape index (κ3) is 3.12. The van der Waals surface area contributed by atoms with Crippen molar-refractivity contribution in [2.24, 2.45) is 0 Å². The molecular weight excluding hydrogens is 276 g/mol. The summed E-state index contributed by atoms with van der Waals surface area (Å²) in [6, 6.07) is 17.5. The Labute approximate surface area is 139 Å². The van der Waals surface area contributed by atoms with Crippen LogP contribution in [0.3, 0.4) is 0 Å². The second-order valence-corrected chi connectivity index (χ2v) is 6.05. The van der Waals surface area contributed by atoms with E-state index >= 15 is 0 Å². The van der Waals surface area contributed by atoms with E-state index < -0.39 is 0 Å². The summed E-state index contributed by atoms with van der Waals surface area (Å²) in [6.45, 7) is 11.9. The molecule has 114 valence electrons. The molecule has 2 aromatic carbocycles. The van der Waals surface area contributed by atoms with Crippen LogP contribution in [0.15, 0.2) is 86.5 Å². The Morgan fingerprint density at radius 2 is 1.70 bits per heavy atom. The molecule has 0 amide bonds. The lowest BCUT2D eigenvalue weighted by Crippen LogP contribution is -2.11. The third-order valence-electron chi connectivity index (χ3n) is 4.59. The zero-order chi connectivity index (χ0) is 16.2. The van der Waals surface area contributed by atoms with Crippen molar-refractivity contribution in [3.05, 3.63) is 109 Å². The molecule has 0 heterocycles. The van der Waals surface area contributed by atoms with Gasteiger partial charge in [-0.15, -0.1) is 0 Å². The predicted molar refractivity (Wildman–Crippen MR) is 101 cm³/mol. The molecule has 2 aromatic rings. The minimum Gasteiger partial charge on any atom is -0.0990 e. The average molecular weight is 298 g/mol. The van der Waals surface area contributed by atoms with Crippen LogP contribution in [0.1, 0.15) is 34.6 Å². The van der Waals surface area contributed by atoms with Gasteiger partial charge in [0.2, 0.25) is 0 Å². The summed E-state index contributed by atoms with van der Waals surface area (Å²) in [5, 5.41) is 0. The lowest BCUT2D eigenvalue weighted by molar-refractivity contribution is 0.684. The Balaban J connectivity index is 1.86. The Kier molecular flexibility index (Phi) is 4.43. The van der Waals surface area contributed by atoms with Gasteiger partial charge in [0.1, 0.15) is 0 Å². The molecule has 1 aliphatic rings. The van der Waals surface area contributed by atoms with E-state index in [0.29, 0.717) is 5.92 Å². The van der Waals surface area contributed by atoms with Gasteiger partial charge in [0.25, 0.3) is 0 Å². The third-order valence-corrected chi connectivity index (χ3v) is 4.59. The van der Waals surface area contributed by atoms with Crippen molar-refractivity contribution >= 4 is 11.1 Å². The van der Waals surface area contributed by atoms with Crippen molar-refractivity contribution in [3.8, 4) is 0 Å². The number of allylic oxidation sites excluding steroid dienone is 5. The van der Waals surface area contributed by atoms with E-state index in [1.54, 1.807) is 6.08 Å². The number of hydrogen-bond acceptors (Lipinski definition) is 0. The predicted octanol–water partition coefficient (Wildman–Crippen LogP) is 6.19. The highest BCUT2D eigenvalue weighted by atomic mass is 14.3. The molecule has 3 rings (SSSR count). The maximum Gasteiger partial charge on any atom is -0.00808 e. The molecule has 0 N–H and O–H groups in total. The zero-order valence-corrected chi connectivity index (χ0v) is 13.5. The van der Waals surface area contributed by atoms with Crippen molar-refractivity contribution in [3.63, 3.8) is 0 Å². The Morgan fingerprint density at radius 3 is 2.39 bits per heavy atom. The van der Waals surface area contributed by atoms with Crippen molar-refractivity contribution in [1.29, 1.82) is 0 Å². The average Bonchev–Trinajstić information content (AvgIpc) is 2.60. The van der Waals surface area contributed by atoms with Crippen LogP contribution < -0.4 is 0 Å². The number of rotatable bonds is 4. The summed E-state index contributed by atoms with van der Waals surface area (Å²) >= 11 is 0. The van der Waals surface area contributed by atoms with Gasteiger partial charge in [-0.05, 0) is 52.2 Å². The molecule has 0 nitrogen and oxygen atoms in total. The second kappa shape index (κ2) is 6.66. The molecule has 1 aliphatic carbocycles. The van der Waals surface area contributed by atoms with Crippen molar-refractivity contribution < 1.29 is 0 Å². The van der Waals surface area contributed by atoms with E-state index in [4.69, 9.17) is 0 Å². The molecule has 0 fully saturated rings. The highest BCUT2D eigenvalue weighted by molar-refractivity contribution is 5.75. The van der Waals surface area contributed by atoms with Gasteiger partial charge in [-0.1, -0.05) is 86.5 Å². The molecule has 1 unspecified atom stereocenters. The highest BCUT2D eigenvalue weighted by Crippen LogP contribution is 2.38. The van der Waals surface area contributed by atoms with E-state index in [9.17, 15) is 0 Å². The fraction of sp³-hybridized carbons (Fsp3) is 0.130. The van der Waals surface area contributed by atoms with Gasteiger partial charge in [0.05, 0.1) is 0 Å². The maximum atomic E-state index is 4.28. The van der Waals surface area contributed by atoms with Crippen LogP contribution in [0.25, 0.3) is 11.1 Å². The molecule has 0 spiro atoms. The summed E-state index contributed by atoms with van der Waals surface area (Å²) in [5.74, 6) is 0.516. The minimum atomic E-state index is 0.516. The topological polar surface area (TPSA) is 0 Å². The van der Waals surface area contributed by atoms with Crippen LogP contribution in [0.4, 0.5) is 0 Å². The van der Waals surface area contributed by atoms with Gasteiger partial charge < -0.3 is 0 Å². The quantitative estimate of drug-likeness (QED) is 0.591. The van der Waals surface area contributed by atoms with Crippen LogP contribution in [0.2, 0.25) is 0 Å². The Hall–Kier alpha value is -2.60. The molecule has 0 saturated heterocycles. The maximum absolute atomic E-state index is 4.28. The van der Waals surface area contributed by atoms with Crippen molar-refractivity contribution in [2.75, 3.05) is 0 Å². The Bertz CT molecular complexity index is 772. The van der Waals surface area contributed by atoms with Crippen LogP contribution >= 0.6 is 0 Å². The molecule has 0 bridgehead atoms. The first-order chi connectivity index (χ1) is 11.2. The summed E-state index contributed by atoms with van der Waals surface area (Å²) in [7, 11) is 0. The van der Waals surface area contributed by atoms with Crippen LogP contribution in [-0.2, 0) is 6.42 Å². The summed E-state index contributed by atoms with van der Waals surface area (Å²) in [6.07, 6.45) is 7.78. The van der Waals surface area contributed by atoms with E-state index in [1.807, 2.05) is 12.2 Å². The van der Waals surface area contributed by atoms with E-state index in [-0.39, 0.29) is 0 Å². The monoisotopic (exact) mass is 298 g/mol. The first-order valence-corrected chi connectivity index (χ1v) is 8.04. The van der Waals surface area contributed by atoms with Crippen LogP contribution in [-0.4, -0.2) is 0 Å². The van der Waals surface area contributed by atoms with Gasteiger partial charge >= 0.3 is 0 Å². The molecule has 0 saturated carbocycles. The largest absolute Gasteiger partial charge is 0.0990 e. The molecular formula is C23H22. The summed E-state index contributed by atoms with van der Waals surface area (Å²) < 4.78 is 0. The Morgan fingerprint density at radius 1 is 0.957 bits per heavy atom. The first-order valence-electron chi connectivity index (χ1n) is 8.04. The molecule has 0 aliphatic heterocycles. The smallest absolute Gasteiger partial charge is 0.00808 e. The van der Waals surface area contributed by atoms with Gasteiger partial charge in [-0.3, -0.25) is 0 Å². The zero-order valence-electron chi connectivity index (χ0n) is 13.5. The molecule has 0 radical (unpaired) electrons. The van der Waals surface area contributed by atoms with Gasteiger partial charge in [-0.2, -0.15) is 0 Å². The fourth-order valence-corrected chi connectivity index (χ4v) is 3.38. The van der Waals surface area contributed by atoms with E-state index in [0.717, 1.165) is 18.4 Å². The van der Waals surface area contributed by atoms with Gasteiger partial charge in [-0.25, -0.2) is 0 Å². The summed E-state index contributed by atoms with van der Waals surface area (Å²) in [4.78, 5) is 0. The van der Waals surface area contributed by atoms with Crippen molar-refractivity contribution in [1.82, 2.24) is 0 Å². The number of hydrogen-bond donors (Lipinski definition) is 0. The molecule has 0 aromatic heterocycles. The normalized spacial score (nSPS) is 17.5. The number of benzene rings is 2. The van der Waals surface area contributed by atoms with E-state index in [2.05, 4.69) is 68.3 Å². The van der Waals surface area contributed by atoms with Crippen molar-refractivity contribution in [2.45, 2.75) is 18.8 Å². The molecule has 1 atom stereocenters. The van der Waals surface area contributed by atoms with E-state index in [1.165, 1.54) is 27.8 Å². The van der Waals surface area contributed by atoms with Crippen LogP contribution in [0, 0.1) is 0 Å². The second-order valence-electron chi connectivity index (χ2n) is 6.05. The summed E-state index contributed by atoms with van der Waals surface area (Å²) in [5.41, 5.74) is 7.66. The first kappa shape index (κ1) is 15.3. The molecule has 0 heteroatoms. The highest BCUT2D eigenvalue weighted by Gasteiger charge is 2.22.